The van der Waals surface area contributed by atoms with E-state index in [-0.39, 0.29) is 5.56 Å². The molecule has 0 aliphatic carbocycles. The van der Waals surface area contributed by atoms with Crippen LogP contribution in [0.25, 0.3) is 0 Å². The van der Waals surface area contributed by atoms with E-state index in [0.717, 1.165) is 25.2 Å². The van der Waals surface area contributed by atoms with Crippen LogP contribution < -0.4 is 15.8 Å². The minimum absolute atomic E-state index is 0.0384. The maximum Gasteiger partial charge on any atom is 0.268 e. The maximum atomic E-state index is 11.9. The van der Waals surface area contributed by atoms with Crippen molar-refractivity contribution in [3.8, 4) is 0 Å². The summed E-state index contributed by atoms with van der Waals surface area (Å²) in [4.78, 5) is 13.7. The average Bonchev–Trinajstić information content (AvgIpc) is 2.32. The Balaban J connectivity index is 2.59. The molecular formula is C13H24N4O. The molecule has 0 fully saturated rings. The van der Waals surface area contributed by atoms with Gasteiger partial charge in [0.1, 0.15) is 0 Å². The minimum Gasteiger partial charge on any atom is -0.376 e. The van der Waals surface area contributed by atoms with Crippen LogP contribution in [-0.2, 0) is 6.54 Å². The minimum atomic E-state index is -0.0384. The lowest BCUT2D eigenvalue weighted by Gasteiger charge is -2.15. The third kappa shape index (κ3) is 4.49. The highest BCUT2D eigenvalue weighted by Crippen LogP contribution is 2.04. The first kappa shape index (κ1) is 14.7. The van der Waals surface area contributed by atoms with Gasteiger partial charge in [0.25, 0.3) is 5.56 Å². The van der Waals surface area contributed by atoms with Crippen LogP contribution in [0.3, 0.4) is 0 Å². The van der Waals surface area contributed by atoms with Gasteiger partial charge in [-0.3, -0.25) is 4.79 Å². The zero-order valence-corrected chi connectivity index (χ0v) is 11.8. The number of nitrogens with one attached hydrogen (secondary N) is 1. The third-order valence-corrected chi connectivity index (χ3v) is 2.78. The van der Waals surface area contributed by atoms with Crippen molar-refractivity contribution in [1.29, 1.82) is 0 Å². The Morgan fingerprint density at radius 3 is 2.78 bits per heavy atom. The van der Waals surface area contributed by atoms with Crippen molar-refractivity contribution >= 4 is 5.69 Å². The zero-order chi connectivity index (χ0) is 13.5. The molecule has 1 rings (SSSR count). The third-order valence-electron chi connectivity index (χ3n) is 2.78. The average molecular weight is 252 g/mol. The summed E-state index contributed by atoms with van der Waals surface area (Å²) >= 11 is 0. The van der Waals surface area contributed by atoms with Gasteiger partial charge in [0.15, 0.2) is 0 Å². The molecule has 5 heteroatoms. The molecule has 0 saturated heterocycles. The molecule has 0 aliphatic rings. The number of hydrogen-bond donors (Lipinski definition) is 1. The van der Waals surface area contributed by atoms with Crippen LogP contribution in [0.2, 0.25) is 0 Å². The fraction of sp³-hybridized carbons (Fsp3) is 0.692. The van der Waals surface area contributed by atoms with Crippen LogP contribution in [0.5, 0.6) is 0 Å². The fourth-order valence-corrected chi connectivity index (χ4v) is 1.69. The number of nitrogens with zero attached hydrogens (tertiary/aromatic N) is 3. The van der Waals surface area contributed by atoms with Gasteiger partial charge < -0.3 is 10.2 Å². The fourth-order valence-electron chi connectivity index (χ4n) is 1.69. The van der Waals surface area contributed by atoms with Gasteiger partial charge in [0.05, 0.1) is 11.9 Å². The molecule has 18 heavy (non-hydrogen) atoms. The van der Waals surface area contributed by atoms with Gasteiger partial charge in [-0.25, -0.2) is 4.68 Å². The lowest BCUT2D eigenvalue weighted by molar-refractivity contribution is 0.411. The predicted molar refractivity (Wildman–Crippen MR) is 75.1 cm³/mol. The van der Waals surface area contributed by atoms with Crippen molar-refractivity contribution in [2.45, 2.75) is 26.8 Å². The van der Waals surface area contributed by atoms with Crippen molar-refractivity contribution < 1.29 is 0 Å². The second-order valence-corrected chi connectivity index (χ2v) is 4.94. The molecule has 1 atom stereocenters. The van der Waals surface area contributed by atoms with Crippen LogP contribution in [0.1, 0.15) is 20.3 Å². The molecule has 0 radical (unpaired) electrons. The Kier molecular flexibility index (Phi) is 5.85. The van der Waals surface area contributed by atoms with Crippen LogP contribution in [-0.4, -0.2) is 37.0 Å². The van der Waals surface area contributed by atoms with Gasteiger partial charge in [0.2, 0.25) is 0 Å². The summed E-state index contributed by atoms with van der Waals surface area (Å²) in [5.41, 5.74) is 0.802. The first-order valence-electron chi connectivity index (χ1n) is 6.49. The van der Waals surface area contributed by atoms with E-state index in [4.69, 9.17) is 0 Å². The Morgan fingerprint density at radius 1 is 1.50 bits per heavy atom. The van der Waals surface area contributed by atoms with Gasteiger partial charge in [-0.2, -0.15) is 5.10 Å². The Labute approximate surface area is 109 Å². The van der Waals surface area contributed by atoms with E-state index >= 15 is 0 Å². The number of rotatable bonds is 7. The highest BCUT2D eigenvalue weighted by Gasteiger charge is 2.06. The summed E-state index contributed by atoms with van der Waals surface area (Å²) in [6.07, 6.45) is 2.86. The van der Waals surface area contributed by atoms with Crippen molar-refractivity contribution in [3.05, 3.63) is 22.6 Å². The second-order valence-electron chi connectivity index (χ2n) is 4.94. The highest BCUT2D eigenvalue weighted by atomic mass is 16.1. The topological polar surface area (TPSA) is 50.2 Å². The number of hydrogen-bond acceptors (Lipinski definition) is 4. The van der Waals surface area contributed by atoms with Crippen LogP contribution in [0.4, 0.5) is 5.69 Å². The zero-order valence-electron chi connectivity index (χ0n) is 11.8. The maximum absolute atomic E-state index is 11.9. The van der Waals surface area contributed by atoms with E-state index in [2.05, 4.69) is 24.3 Å². The molecule has 0 aliphatic heterocycles. The Morgan fingerprint density at radius 2 is 2.22 bits per heavy atom. The molecule has 1 aromatic rings. The van der Waals surface area contributed by atoms with Crippen molar-refractivity contribution in [2.24, 2.45) is 5.92 Å². The predicted octanol–water partition coefficient (Wildman–Crippen LogP) is 0.945. The quantitative estimate of drug-likeness (QED) is 0.734. The van der Waals surface area contributed by atoms with Crippen molar-refractivity contribution in [1.82, 2.24) is 15.1 Å². The molecule has 0 aromatic carbocycles. The molecular weight excluding hydrogens is 228 g/mol. The van der Waals surface area contributed by atoms with E-state index in [1.165, 1.54) is 4.68 Å². The monoisotopic (exact) mass is 252 g/mol. The number of aromatic nitrogens is 2. The van der Waals surface area contributed by atoms with E-state index in [1.807, 2.05) is 19.0 Å². The molecule has 1 unspecified atom stereocenters. The largest absolute Gasteiger partial charge is 0.376 e. The standard InChI is InChI=1S/C13H24N4O/c1-5-6-14-8-11(2)10-17-13(18)7-12(9-15-17)16(3)4/h7,9,11,14H,5-6,8,10H2,1-4H3. The van der Waals surface area contributed by atoms with E-state index in [1.54, 1.807) is 12.3 Å². The Hall–Kier alpha value is -1.36. The molecule has 102 valence electrons. The molecule has 0 amide bonds. The first-order valence-corrected chi connectivity index (χ1v) is 6.49. The van der Waals surface area contributed by atoms with Crippen LogP contribution in [0.15, 0.2) is 17.1 Å². The molecule has 1 aromatic heterocycles. The van der Waals surface area contributed by atoms with Gasteiger partial charge in [-0.1, -0.05) is 13.8 Å². The Bertz CT molecular complexity index is 414. The van der Waals surface area contributed by atoms with E-state index < -0.39 is 0 Å². The summed E-state index contributed by atoms with van der Waals surface area (Å²) in [6, 6.07) is 1.62. The van der Waals surface area contributed by atoms with E-state index in [9.17, 15) is 4.79 Å². The van der Waals surface area contributed by atoms with Gasteiger partial charge >= 0.3 is 0 Å². The SMILES string of the molecule is CCCNCC(C)Cn1ncc(N(C)C)cc1=O. The molecule has 1 heterocycles. The van der Waals surface area contributed by atoms with Gasteiger partial charge in [-0.05, 0) is 25.4 Å². The summed E-state index contributed by atoms with van der Waals surface area (Å²) in [5, 5.41) is 7.56. The molecule has 0 bridgehead atoms. The molecule has 5 nitrogen and oxygen atoms in total. The molecule has 0 saturated carbocycles. The normalized spacial score (nSPS) is 12.4. The summed E-state index contributed by atoms with van der Waals surface area (Å²) in [7, 11) is 3.80. The second kappa shape index (κ2) is 7.16. The first-order chi connectivity index (χ1) is 8.54. The summed E-state index contributed by atoms with van der Waals surface area (Å²) < 4.78 is 1.53. The van der Waals surface area contributed by atoms with Gasteiger partial charge in [-0.15, -0.1) is 0 Å². The summed E-state index contributed by atoms with van der Waals surface area (Å²) in [5.74, 6) is 0.395. The number of anilines is 1. The molecule has 1 N–H and O–H groups in total. The smallest absolute Gasteiger partial charge is 0.268 e. The van der Waals surface area contributed by atoms with E-state index in [0.29, 0.717) is 12.5 Å². The molecule has 0 spiro atoms. The van der Waals surface area contributed by atoms with Crippen molar-refractivity contribution in [3.63, 3.8) is 0 Å². The van der Waals surface area contributed by atoms with Crippen molar-refractivity contribution in [2.75, 3.05) is 32.1 Å². The van der Waals surface area contributed by atoms with Crippen LogP contribution >= 0.6 is 0 Å². The lowest BCUT2D eigenvalue weighted by Crippen LogP contribution is -2.30. The highest BCUT2D eigenvalue weighted by molar-refractivity contribution is 5.40. The van der Waals surface area contributed by atoms with Gasteiger partial charge in [0, 0.05) is 26.7 Å². The summed E-state index contributed by atoms with van der Waals surface area (Å²) in [6.45, 7) is 6.85. The lowest BCUT2D eigenvalue weighted by atomic mass is 10.2. The van der Waals surface area contributed by atoms with Crippen LogP contribution in [0, 0.1) is 5.92 Å².